The summed E-state index contributed by atoms with van der Waals surface area (Å²) in [4.78, 5) is 25.3. The number of rotatable bonds is 5. The summed E-state index contributed by atoms with van der Waals surface area (Å²) in [7, 11) is 0. The van der Waals surface area contributed by atoms with Gasteiger partial charge in [0.15, 0.2) is 0 Å². The molecule has 0 saturated carbocycles. The molecule has 0 bridgehead atoms. The lowest BCUT2D eigenvalue weighted by atomic mass is 10.1. The zero-order valence-corrected chi connectivity index (χ0v) is 15.2. The van der Waals surface area contributed by atoms with Gasteiger partial charge in [-0.2, -0.15) is 0 Å². The molecule has 0 aliphatic rings. The van der Waals surface area contributed by atoms with Gasteiger partial charge < -0.3 is 9.88 Å². The molecule has 0 saturated heterocycles. The number of nitrogens with one attached hydrogen (secondary N) is 1. The minimum absolute atomic E-state index is 0.112. The van der Waals surface area contributed by atoms with Crippen LogP contribution in [-0.4, -0.2) is 10.5 Å². The number of carbonyl (C=O) groups excluding carboxylic acids is 1. The Balaban J connectivity index is 1.87. The van der Waals surface area contributed by atoms with Crippen molar-refractivity contribution >= 4 is 23.2 Å². The molecule has 3 aromatic rings. The molecule has 1 N–H and O–H groups in total. The molecular weight excluding hydrogens is 348 g/mol. The molecule has 3 rings (SSSR count). The number of carbonyl (C=O) groups is 1. The third-order valence-corrected chi connectivity index (χ3v) is 4.39. The number of nitrogens with zero attached hydrogens (tertiary/aromatic N) is 1. The average Bonchev–Trinajstić information content (AvgIpc) is 2.64. The first-order valence-electron chi connectivity index (χ1n) is 8.41. The zero-order chi connectivity index (χ0) is 18.5. The Kier molecular flexibility index (Phi) is 5.54. The highest BCUT2D eigenvalue weighted by atomic mass is 35.5. The maximum Gasteiger partial charge on any atom is 0.263 e. The number of halogens is 1. The highest BCUT2D eigenvalue weighted by Crippen LogP contribution is 2.16. The lowest BCUT2D eigenvalue weighted by Crippen LogP contribution is -2.29. The molecule has 0 spiro atoms. The van der Waals surface area contributed by atoms with Crippen molar-refractivity contribution in [3.8, 4) is 0 Å². The summed E-state index contributed by atoms with van der Waals surface area (Å²) in [6.45, 7) is 2.37. The van der Waals surface area contributed by atoms with Crippen LogP contribution in [0.3, 0.4) is 0 Å². The van der Waals surface area contributed by atoms with Crippen LogP contribution in [0.2, 0.25) is 5.02 Å². The lowest BCUT2D eigenvalue weighted by molar-refractivity contribution is 0.102. The van der Waals surface area contributed by atoms with Crippen molar-refractivity contribution in [2.45, 2.75) is 19.9 Å². The van der Waals surface area contributed by atoms with Gasteiger partial charge in [0.2, 0.25) is 0 Å². The molecule has 1 aromatic heterocycles. The van der Waals surface area contributed by atoms with E-state index in [0.717, 1.165) is 23.2 Å². The minimum Gasteiger partial charge on any atom is -0.322 e. The predicted molar refractivity (Wildman–Crippen MR) is 105 cm³/mol. The summed E-state index contributed by atoms with van der Waals surface area (Å²) in [5.74, 6) is -0.406. The van der Waals surface area contributed by atoms with E-state index in [0.29, 0.717) is 11.6 Å². The molecular formula is C21H19ClN2O2. The molecule has 4 nitrogen and oxygen atoms in total. The van der Waals surface area contributed by atoms with Crippen LogP contribution < -0.4 is 10.9 Å². The highest BCUT2D eigenvalue weighted by Gasteiger charge is 2.14. The van der Waals surface area contributed by atoms with E-state index in [1.165, 1.54) is 4.57 Å². The summed E-state index contributed by atoms with van der Waals surface area (Å²) in [6, 6.07) is 18.1. The molecule has 0 aliphatic carbocycles. The Labute approximate surface area is 157 Å². The second-order valence-corrected chi connectivity index (χ2v) is 6.39. The van der Waals surface area contributed by atoms with Crippen molar-refractivity contribution in [3.05, 3.63) is 98.9 Å². The SMILES string of the molecule is CCc1ccccc1NC(=O)c1cccn(Cc2cccc(Cl)c2)c1=O. The van der Waals surface area contributed by atoms with Crippen LogP contribution in [0.5, 0.6) is 0 Å². The summed E-state index contributed by atoms with van der Waals surface area (Å²) < 4.78 is 1.51. The molecule has 2 aromatic carbocycles. The first kappa shape index (κ1) is 18.0. The molecule has 26 heavy (non-hydrogen) atoms. The van der Waals surface area contributed by atoms with Gasteiger partial charge in [0.05, 0.1) is 6.54 Å². The first-order chi connectivity index (χ1) is 12.6. The largest absolute Gasteiger partial charge is 0.322 e. The molecule has 1 heterocycles. The van der Waals surface area contributed by atoms with Crippen molar-refractivity contribution in [2.24, 2.45) is 0 Å². The van der Waals surface area contributed by atoms with E-state index in [2.05, 4.69) is 5.32 Å². The van der Waals surface area contributed by atoms with E-state index in [1.54, 1.807) is 30.5 Å². The van der Waals surface area contributed by atoms with E-state index < -0.39 is 5.91 Å². The number of para-hydroxylation sites is 1. The van der Waals surface area contributed by atoms with Gasteiger partial charge in [-0.25, -0.2) is 0 Å². The van der Waals surface area contributed by atoms with E-state index in [4.69, 9.17) is 11.6 Å². The number of pyridine rings is 1. The number of hydrogen-bond donors (Lipinski definition) is 1. The lowest BCUT2D eigenvalue weighted by Gasteiger charge is -2.11. The fourth-order valence-corrected chi connectivity index (χ4v) is 3.02. The zero-order valence-electron chi connectivity index (χ0n) is 14.4. The Morgan fingerprint density at radius 2 is 1.88 bits per heavy atom. The van der Waals surface area contributed by atoms with Crippen molar-refractivity contribution in [1.29, 1.82) is 0 Å². The number of amides is 1. The molecule has 0 atom stereocenters. The van der Waals surface area contributed by atoms with E-state index in [-0.39, 0.29) is 11.1 Å². The summed E-state index contributed by atoms with van der Waals surface area (Å²) >= 11 is 6.00. The fourth-order valence-electron chi connectivity index (χ4n) is 2.81. The number of hydrogen-bond acceptors (Lipinski definition) is 2. The highest BCUT2D eigenvalue weighted by molar-refractivity contribution is 6.30. The minimum atomic E-state index is -0.406. The van der Waals surface area contributed by atoms with E-state index >= 15 is 0 Å². The van der Waals surface area contributed by atoms with Crippen molar-refractivity contribution in [3.63, 3.8) is 0 Å². The van der Waals surface area contributed by atoms with Crippen LogP contribution in [0, 0.1) is 0 Å². The van der Waals surface area contributed by atoms with Gasteiger partial charge in [-0.1, -0.05) is 48.9 Å². The molecule has 132 valence electrons. The first-order valence-corrected chi connectivity index (χ1v) is 8.79. The van der Waals surface area contributed by atoms with Gasteiger partial charge in [-0.3, -0.25) is 9.59 Å². The Morgan fingerprint density at radius 3 is 2.65 bits per heavy atom. The van der Waals surface area contributed by atoms with E-state index in [9.17, 15) is 9.59 Å². The average molecular weight is 367 g/mol. The smallest absolute Gasteiger partial charge is 0.263 e. The molecule has 5 heteroatoms. The molecule has 1 amide bonds. The van der Waals surface area contributed by atoms with Crippen molar-refractivity contribution < 1.29 is 4.79 Å². The van der Waals surface area contributed by atoms with Crippen LogP contribution >= 0.6 is 11.6 Å². The van der Waals surface area contributed by atoms with Gasteiger partial charge in [0, 0.05) is 16.9 Å². The normalized spacial score (nSPS) is 10.5. The van der Waals surface area contributed by atoms with Crippen LogP contribution in [0.25, 0.3) is 0 Å². The van der Waals surface area contributed by atoms with Crippen LogP contribution in [0.1, 0.15) is 28.4 Å². The van der Waals surface area contributed by atoms with Crippen molar-refractivity contribution in [2.75, 3.05) is 5.32 Å². The Bertz CT molecular complexity index is 995. The summed E-state index contributed by atoms with van der Waals surface area (Å²) in [5.41, 5.74) is 2.42. The van der Waals surface area contributed by atoms with E-state index in [1.807, 2.05) is 43.3 Å². The van der Waals surface area contributed by atoms with Crippen LogP contribution in [0.4, 0.5) is 5.69 Å². The Morgan fingerprint density at radius 1 is 1.08 bits per heavy atom. The van der Waals surface area contributed by atoms with Gasteiger partial charge in [0.1, 0.15) is 5.56 Å². The maximum atomic E-state index is 12.7. The van der Waals surface area contributed by atoms with Crippen molar-refractivity contribution in [1.82, 2.24) is 4.57 Å². The van der Waals surface area contributed by atoms with Gasteiger partial charge in [-0.05, 0) is 47.9 Å². The van der Waals surface area contributed by atoms with Gasteiger partial charge >= 0.3 is 0 Å². The molecule has 0 radical (unpaired) electrons. The second-order valence-electron chi connectivity index (χ2n) is 5.95. The predicted octanol–water partition coefficient (Wildman–Crippen LogP) is 4.36. The third kappa shape index (κ3) is 4.03. The number of anilines is 1. The molecule has 0 unspecified atom stereocenters. The second kappa shape index (κ2) is 8.02. The number of benzene rings is 2. The van der Waals surface area contributed by atoms with Gasteiger partial charge in [-0.15, -0.1) is 0 Å². The Hall–Kier alpha value is -2.85. The topological polar surface area (TPSA) is 51.1 Å². The number of aryl methyl sites for hydroxylation is 1. The summed E-state index contributed by atoms with van der Waals surface area (Å²) in [6.07, 6.45) is 2.46. The third-order valence-electron chi connectivity index (χ3n) is 4.15. The molecule has 0 aliphatic heterocycles. The monoisotopic (exact) mass is 366 g/mol. The maximum absolute atomic E-state index is 12.7. The van der Waals surface area contributed by atoms with Gasteiger partial charge in [0.25, 0.3) is 11.5 Å². The molecule has 0 fully saturated rings. The quantitative estimate of drug-likeness (QED) is 0.729. The van der Waals surface area contributed by atoms with Crippen LogP contribution in [-0.2, 0) is 13.0 Å². The number of aromatic nitrogens is 1. The standard InChI is InChI=1S/C21H19ClN2O2/c1-2-16-8-3-4-11-19(16)23-20(25)18-10-6-12-24(21(18)26)14-15-7-5-9-17(22)13-15/h3-13H,2,14H2,1H3,(H,23,25). The summed E-state index contributed by atoms with van der Waals surface area (Å²) in [5, 5.41) is 3.46. The van der Waals surface area contributed by atoms with Crippen LogP contribution in [0.15, 0.2) is 71.7 Å². The fraction of sp³-hybridized carbons (Fsp3) is 0.143.